The molecule has 2 heterocycles. The zero-order valence-corrected chi connectivity index (χ0v) is 15.9. The highest BCUT2D eigenvalue weighted by Crippen LogP contribution is 2.25. The van der Waals surface area contributed by atoms with Crippen LogP contribution in [0.2, 0.25) is 0 Å². The van der Waals surface area contributed by atoms with E-state index >= 15 is 0 Å². The lowest BCUT2D eigenvalue weighted by Gasteiger charge is -2.34. The van der Waals surface area contributed by atoms with Crippen LogP contribution in [0.25, 0.3) is 10.8 Å². The Bertz CT molecular complexity index is 905. The van der Waals surface area contributed by atoms with Crippen molar-refractivity contribution in [2.24, 2.45) is 0 Å². The molecule has 0 N–H and O–H groups in total. The molecule has 0 saturated carbocycles. The number of hydrogen-bond acceptors (Lipinski definition) is 5. The van der Waals surface area contributed by atoms with Crippen LogP contribution in [0.5, 0.6) is 0 Å². The molecule has 138 valence electrons. The fraction of sp³-hybridized carbons (Fsp3) is 0.286. The van der Waals surface area contributed by atoms with Gasteiger partial charge in [0.25, 0.3) is 0 Å². The van der Waals surface area contributed by atoms with Crippen molar-refractivity contribution >= 4 is 28.4 Å². The maximum Gasteiger partial charge on any atom is 0.233 e. The van der Waals surface area contributed by atoms with E-state index in [4.69, 9.17) is 0 Å². The van der Waals surface area contributed by atoms with Gasteiger partial charge in [-0.15, -0.1) is 5.10 Å². The molecule has 27 heavy (non-hydrogen) atoms. The van der Waals surface area contributed by atoms with Gasteiger partial charge in [0.1, 0.15) is 5.03 Å². The van der Waals surface area contributed by atoms with E-state index in [0.29, 0.717) is 5.75 Å². The number of piperazine rings is 1. The van der Waals surface area contributed by atoms with Gasteiger partial charge in [0.15, 0.2) is 0 Å². The van der Waals surface area contributed by atoms with Crippen molar-refractivity contribution in [2.75, 3.05) is 31.9 Å². The predicted molar refractivity (Wildman–Crippen MR) is 109 cm³/mol. The Kier molecular flexibility index (Phi) is 5.65. The van der Waals surface area contributed by atoms with Crippen molar-refractivity contribution in [3.8, 4) is 0 Å². The Morgan fingerprint density at radius 3 is 2.52 bits per heavy atom. The molecule has 0 atom stereocenters. The summed E-state index contributed by atoms with van der Waals surface area (Å²) in [6.45, 7) is 4.35. The summed E-state index contributed by atoms with van der Waals surface area (Å²) in [6, 6.07) is 18.5. The Hall–Kier alpha value is -2.44. The number of carbonyl (C=O) groups is 1. The summed E-state index contributed by atoms with van der Waals surface area (Å²) < 4.78 is 0. The molecule has 1 saturated heterocycles. The van der Waals surface area contributed by atoms with Crippen LogP contribution >= 0.6 is 11.8 Å². The molecule has 3 aromatic rings. The molecular weight excluding hydrogens is 356 g/mol. The summed E-state index contributed by atoms with van der Waals surface area (Å²) in [7, 11) is 0. The number of nitrogens with zero attached hydrogens (tertiary/aromatic N) is 4. The van der Waals surface area contributed by atoms with Gasteiger partial charge in [-0.2, -0.15) is 5.10 Å². The molecule has 0 unspecified atom stereocenters. The molecule has 0 aliphatic carbocycles. The molecule has 6 heteroatoms. The van der Waals surface area contributed by atoms with Crippen LogP contribution in [0.1, 0.15) is 5.56 Å². The quantitative estimate of drug-likeness (QED) is 0.639. The molecule has 1 aliphatic heterocycles. The average molecular weight is 379 g/mol. The lowest BCUT2D eigenvalue weighted by molar-refractivity contribution is -0.130. The summed E-state index contributed by atoms with van der Waals surface area (Å²) in [5.74, 6) is 0.579. The second kappa shape index (κ2) is 8.50. The number of thioether (sulfide) groups is 1. The lowest BCUT2D eigenvalue weighted by Crippen LogP contribution is -2.48. The monoisotopic (exact) mass is 378 g/mol. The van der Waals surface area contributed by atoms with Crippen LogP contribution < -0.4 is 0 Å². The molecule has 4 rings (SSSR count). The molecule has 0 bridgehead atoms. The second-order valence-electron chi connectivity index (χ2n) is 6.67. The van der Waals surface area contributed by atoms with Gasteiger partial charge in [0, 0.05) is 43.5 Å². The number of hydrogen-bond donors (Lipinski definition) is 0. The Morgan fingerprint density at radius 1 is 0.963 bits per heavy atom. The Morgan fingerprint density at radius 2 is 1.70 bits per heavy atom. The topological polar surface area (TPSA) is 49.3 Å². The van der Waals surface area contributed by atoms with Gasteiger partial charge in [-0.3, -0.25) is 9.69 Å². The van der Waals surface area contributed by atoms with E-state index in [0.717, 1.165) is 48.5 Å². The summed E-state index contributed by atoms with van der Waals surface area (Å²) in [5, 5.41) is 11.2. The smallest absolute Gasteiger partial charge is 0.233 e. The lowest BCUT2D eigenvalue weighted by atomic mass is 10.2. The summed E-state index contributed by atoms with van der Waals surface area (Å²) in [6.07, 6.45) is 1.76. The van der Waals surface area contributed by atoms with Crippen LogP contribution in [0.15, 0.2) is 65.8 Å². The first-order chi connectivity index (χ1) is 13.3. The molecular formula is C21H22N4OS. The molecule has 5 nitrogen and oxygen atoms in total. The van der Waals surface area contributed by atoms with Gasteiger partial charge in [-0.25, -0.2) is 0 Å². The fourth-order valence-electron chi connectivity index (χ4n) is 3.33. The molecule has 1 fully saturated rings. The van der Waals surface area contributed by atoms with Gasteiger partial charge in [0.2, 0.25) is 5.91 Å². The fourth-order valence-corrected chi connectivity index (χ4v) is 4.22. The van der Waals surface area contributed by atoms with Crippen LogP contribution in [0.4, 0.5) is 0 Å². The minimum absolute atomic E-state index is 0.175. The van der Waals surface area contributed by atoms with E-state index in [-0.39, 0.29) is 5.91 Å². The number of aromatic nitrogens is 2. The summed E-state index contributed by atoms with van der Waals surface area (Å²) in [5.41, 5.74) is 1.32. The minimum Gasteiger partial charge on any atom is -0.339 e. The zero-order valence-electron chi connectivity index (χ0n) is 15.1. The van der Waals surface area contributed by atoms with E-state index in [1.54, 1.807) is 6.20 Å². The van der Waals surface area contributed by atoms with Gasteiger partial charge < -0.3 is 4.90 Å². The van der Waals surface area contributed by atoms with Crippen LogP contribution in [0, 0.1) is 0 Å². The van der Waals surface area contributed by atoms with Crippen LogP contribution in [-0.4, -0.2) is 57.8 Å². The predicted octanol–water partition coefficient (Wildman–Crippen LogP) is 3.07. The maximum atomic E-state index is 12.6. The second-order valence-corrected chi connectivity index (χ2v) is 7.63. The van der Waals surface area contributed by atoms with Crippen LogP contribution in [-0.2, 0) is 11.3 Å². The maximum absolute atomic E-state index is 12.6. The first-order valence-corrected chi connectivity index (χ1v) is 10.2. The Labute approximate surface area is 163 Å². The number of rotatable bonds is 5. The molecule has 1 aromatic heterocycles. The number of amides is 1. The Balaban J connectivity index is 1.29. The van der Waals surface area contributed by atoms with Gasteiger partial charge in [-0.05, 0) is 5.56 Å². The van der Waals surface area contributed by atoms with Crippen molar-refractivity contribution in [3.05, 3.63) is 66.4 Å². The van der Waals surface area contributed by atoms with Crippen LogP contribution in [0.3, 0.4) is 0 Å². The highest BCUT2D eigenvalue weighted by atomic mass is 32.2. The standard InChI is InChI=1S/C21H22N4OS/c26-20(16-27-21-19-9-5-4-8-18(19)14-22-23-21)25-12-10-24(11-13-25)15-17-6-2-1-3-7-17/h1-9,14H,10-13,15-16H2. The third-order valence-corrected chi connectivity index (χ3v) is 5.81. The van der Waals surface area contributed by atoms with E-state index in [1.165, 1.54) is 17.3 Å². The molecule has 0 spiro atoms. The van der Waals surface area contributed by atoms with Crippen molar-refractivity contribution in [1.82, 2.24) is 20.0 Å². The molecule has 1 amide bonds. The van der Waals surface area contributed by atoms with Crippen molar-refractivity contribution in [2.45, 2.75) is 11.6 Å². The first kappa shape index (κ1) is 17.9. The average Bonchev–Trinajstić information content (AvgIpc) is 2.73. The number of benzene rings is 2. The largest absolute Gasteiger partial charge is 0.339 e. The zero-order chi connectivity index (χ0) is 18.5. The van der Waals surface area contributed by atoms with E-state index in [2.05, 4.69) is 39.4 Å². The SMILES string of the molecule is O=C(CSc1nncc2ccccc12)N1CCN(Cc2ccccc2)CC1. The highest BCUT2D eigenvalue weighted by Gasteiger charge is 2.21. The summed E-state index contributed by atoms with van der Waals surface area (Å²) >= 11 is 1.48. The third-order valence-electron chi connectivity index (χ3n) is 4.84. The number of carbonyl (C=O) groups excluding carboxylic acids is 1. The minimum atomic E-state index is 0.175. The van der Waals surface area contributed by atoms with E-state index < -0.39 is 0 Å². The third kappa shape index (κ3) is 4.46. The normalized spacial score (nSPS) is 15.2. The first-order valence-electron chi connectivity index (χ1n) is 9.17. The van der Waals surface area contributed by atoms with Gasteiger partial charge in [-0.1, -0.05) is 66.4 Å². The van der Waals surface area contributed by atoms with Gasteiger partial charge in [0.05, 0.1) is 11.9 Å². The van der Waals surface area contributed by atoms with Crippen molar-refractivity contribution in [1.29, 1.82) is 0 Å². The molecule has 2 aromatic carbocycles. The van der Waals surface area contributed by atoms with Crippen molar-refractivity contribution < 1.29 is 4.79 Å². The van der Waals surface area contributed by atoms with Crippen molar-refractivity contribution in [3.63, 3.8) is 0 Å². The number of fused-ring (bicyclic) bond motifs is 1. The molecule has 0 radical (unpaired) electrons. The van der Waals surface area contributed by atoms with Gasteiger partial charge >= 0.3 is 0 Å². The van der Waals surface area contributed by atoms with E-state index in [9.17, 15) is 4.79 Å². The molecule has 1 aliphatic rings. The highest BCUT2D eigenvalue weighted by molar-refractivity contribution is 8.00. The van der Waals surface area contributed by atoms with E-state index in [1.807, 2.05) is 35.2 Å². The summed E-state index contributed by atoms with van der Waals surface area (Å²) in [4.78, 5) is 17.0.